The van der Waals surface area contributed by atoms with E-state index in [0.717, 1.165) is 11.5 Å². The second-order valence-corrected chi connectivity index (χ2v) is 7.03. The molecule has 1 aromatic carbocycles. The molecule has 0 spiro atoms. The van der Waals surface area contributed by atoms with Gasteiger partial charge in [0, 0.05) is 11.1 Å². The Balaban J connectivity index is 2.14. The molecule has 0 fully saturated rings. The zero-order chi connectivity index (χ0) is 17.2. The van der Waals surface area contributed by atoms with Crippen molar-refractivity contribution >= 4 is 23.1 Å². The topological polar surface area (TPSA) is 54.0 Å². The van der Waals surface area contributed by atoms with Gasteiger partial charge >= 0.3 is 0 Å². The lowest BCUT2D eigenvalue weighted by atomic mass is 9.96. The van der Waals surface area contributed by atoms with E-state index in [-0.39, 0.29) is 5.91 Å². The molecule has 0 saturated carbocycles. The number of aromatic nitrogens is 1. The predicted molar refractivity (Wildman–Crippen MR) is 96.3 cm³/mol. The first-order valence-electron chi connectivity index (χ1n) is 7.79. The van der Waals surface area contributed by atoms with E-state index in [2.05, 4.69) is 48.5 Å². The summed E-state index contributed by atoms with van der Waals surface area (Å²) in [7, 11) is 0. The van der Waals surface area contributed by atoms with Crippen LogP contribution in [0.4, 0.5) is 17.2 Å². The number of carbonyl (C=O) groups is 1. The number of hydrogen-bond acceptors (Lipinski definition) is 3. The monoisotopic (exact) mass is 311 g/mol. The van der Waals surface area contributed by atoms with Crippen LogP contribution in [0.25, 0.3) is 0 Å². The van der Waals surface area contributed by atoms with Crippen LogP contribution in [0.2, 0.25) is 0 Å². The molecule has 0 bridgehead atoms. The maximum Gasteiger partial charge on any atom is 0.229 e. The maximum absolute atomic E-state index is 12.0. The second kappa shape index (κ2) is 6.41. The molecule has 0 atom stereocenters. The zero-order valence-corrected chi connectivity index (χ0v) is 14.7. The summed E-state index contributed by atoms with van der Waals surface area (Å²) in [6.07, 6.45) is 1.67. The molecular weight excluding hydrogens is 286 g/mol. The number of hydrogen-bond donors (Lipinski definition) is 2. The van der Waals surface area contributed by atoms with E-state index in [1.54, 1.807) is 6.20 Å². The Hall–Kier alpha value is -2.36. The number of aryl methyl sites for hydroxylation is 3. The van der Waals surface area contributed by atoms with Gasteiger partial charge < -0.3 is 10.6 Å². The third-order valence-corrected chi connectivity index (χ3v) is 3.63. The Labute approximate surface area is 138 Å². The van der Waals surface area contributed by atoms with Gasteiger partial charge in [0.25, 0.3) is 0 Å². The summed E-state index contributed by atoms with van der Waals surface area (Å²) in [5.41, 5.74) is 4.98. The molecule has 1 aromatic heterocycles. The first kappa shape index (κ1) is 17.0. The third kappa shape index (κ3) is 4.31. The number of nitrogens with one attached hydrogen (secondary N) is 2. The number of carbonyl (C=O) groups excluding carboxylic acids is 1. The average Bonchev–Trinajstić information content (AvgIpc) is 2.43. The Bertz CT molecular complexity index is 689. The number of rotatable bonds is 3. The van der Waals surface area contributed by atoms with Crippen LogP contribution in [-0.2, 0) is 4.79 Å². The van der Waals surface area contributed by atoms with Crippen molar-refractivity contribution in [3.8, 4) is 0 Å². The van der Waals surface area contributed by atoms with Crippen molar-refractivity contribution in [3.63, 3.8) is 0 Å². The summed E-state index contributed by atoms with van der Waals surface area (Å²) in [5, 5.41) is 6.23. The zero-order valence-electron chi connectivity index (χ0n) is 14.7. The maximum atomic E-state index is 12.0. The fourth-order valence-electron chi connectivity index (χ4n) is 2.37. The van der Waals surface area contributed by atoms with Gasteiger partial charge in [0.15, 0.2) is 0 Å². The average molecular weight is 311 g/mol. The van der Waals surface area contributed by atoms with Crippen molar-refractivity contribution in [2.45, 2.75) is 41.5 Å². The number of nitrogens with zero attached hydrogens (tertiary/aromatic N) is 1. The van der Waals surface area contributed by atoms with Crippen molar-refractivity contribution in [2.75, 3.05) is 10.6 Å². The molecule has 1 amide bonds. The highest BCUT2D eigenvalue weighted by Gasteiger charge is 2.21. The molecule has 122 valence electrons. The lowest BCUT2D eigenvalue weighted by molar-refractivity contribution is -0.123. The summed E-state index contributed by atoms with van der Waals surface area (Å²) in [6, 6.07) is 8.02. The molecule has 0 unspecified atom stereocenters. The minimum atomic E-state index is -0.424. The number of amides is 1. The summed E-state index contributed by atoms with van der Waals surface area (Å²) >= 11 is 0. The summed E-state index contributed by atoms with van der Waals surface area (Å²) in [4.78, 5) is 16.4. The highest BCUT2D eigenvalue weighted by atomic mass is 16.2. The van der Waals surface area contributed by atoms with E-state index in [1.807, 2.05) is 32.9 Å². The normalized spacial score (nSPS) is 11.2. The molecule has 2 rings (SSSR count). The number of benzene rings is 1. The molecule has 0 radical (unpaired) electrons. The van der Waals surface area contributed by atoms with Gasteiger partial charge in [-0.3, -0.25) is 4.79 Å². The van der Waals surface area contributed by atoms with E-state index in [0.29, 0.717) is 5.69 Å². The Morgan fingerprint density at radius 2 is 1.65 bits per heavy atom. The highest BCUT2D eigenvalue weighted by Crippen LogP contribution is 2.25. The standard InChI is InChI=1S/C19H25N3O/c1-12-9-13(2)17(14(3)10-12)22-16-8-7-15(11-20-16)21-18(23)19(4,5)6/h7-11H,1-6H3,(H,20,22)(H,21,23). The van der Waals surface area contributed by atoms with Gasteiger partial charge in [0.1, 0.15) is 5.82 Å². The van der Waals surface area contributed by atoms with Crippen LogP contribution in [0, 0.1) is 26.2 Å². The second-order valence-electron chi connectivity index (χ2n) is 7.03. The van der Waals surface area contributed by atoms with Gasteiger partial charge in [-0.25, -0.2) is 4.98 Å². The lowest BCUT2D eigenvalue weighted by Crippen LogP contribution is -2.27. The molecule has 0 aliphatic heterocycles. The molecular formula is C19H25N3O. The molecule has 2 aromatic rings. The van der Waals surface area contributed by atoms with E-state index in [1.165, 1.54) is 16.7 Å². The Morgan fingerprint density at radius 1 is 1.04 bits per heavy atom. The van der Waals surface area contributed by atoms with Crippen LogP contribution in [-0.4, -0.2) is 10.9 Å². The summed E-state index contributed by atoms with van der Waals surface area (Å²) in [6.45, 7) is 11.9. The van der Waals surface area contributed by atoms with Crippen molar-refractivity contribution in [2.24, 2.45) is 5.41 Å². The molecule has 4 nitrogen and oxygen atoms in total. The van der Waals surface area contributed by atoms with Crippen LogP contribution in [0.3, 0.4) is 0 Å². The van der Waals surface area contributed by atoms with Crippen molar-refractivity contribution in [3.05, 3.63) is 47.2 Å². The fraction of sp³-hybridized carbons (Fsp3) is 0.368. The smallest absolute Gasteiger partial charge is 0.229 e. The molecule has 4 heteroatoms. The van der Waals surface area contributed by atoms with Gasteiger partial charge in [0.05, 0.1) is 11.9 Å². The SMILES string of the molecule is Cc1cc(C)c(Nc2ccc(NC(=O)C(C)(C)C)cn2)c(C)c1. The summed E-state index contributed by atoms with van der Waals surface area (Å²) in [5.74, 6) is 0.735. The lowest BCUT2D eigenvalue weighted by Gasteiger charge is -2.18. The number of pyridine rings is 1. The van der Waals surface area contributed by atoms with Crippen molar-refractivity contribution in [1.29, 1.82) is 0 Å². The molecule has 0 aliphatic carbocycles. The van der Waals surface area contributed by atoms with Gasteiger partial charge in [-0.1, -0.05) is 38.5 Å². The molecule has 2 N–H and O–H groups in total. The largest absolute Gasteiger partial charge is 0.340 e. The minimum Gasteiger partial charge on any atom is -0.340 e. The van der Waals surface area contributed by atoms with Crippen LogP contribution in [0.15, 0.2) is 30.5 Å². The molecule has 0 aliphatic rings. The van der Waals surface area contributed by atoms with Crippen LogP contribution in [0.1, 0.15) is 37.5 Å². The van der Waals surface area contributed by atoms with E-state index in [9.17, 15) is 4.79 Å². The van der Waals surface area contributed by atoms with Crippen LogP contribution >= 0.6 is 0 Å². The quantitative estimate of drug-likeness (QED) is 0.861. The van der Waals surface area contributed by atoms with E-state index >= 15 is 0 Å². The van der Waals surface area contributed by atoms with Gasteiger partial charge in [0.2, 0.25) is 5.91 Å². The van der Waals surface area contributed by atoms with Crippen molar-refractivity contribution < 1.29 is 4.79 Å². The summed E-state index contributed by atoms with van der Waals surface area (Å²) < 4.78 is 0. The molecule has 23 heavy (non-hydrogen) atoms. The first-order valence-corrected chi connectivity index (χ1v) is 7.79. The van der Waals surface area contributed by atoms with Gasteiger partial charge in [-0.2, -0.15) is 0 Å². The molecule has 1 heterocycles. The Kier molecular flexibility index (Phi) is 4.73. The van der Waals surface area contributed by atoms with E-state index < -0.39 is 5.41 Å². The van der Waals surface area contributed by atoms with E-state index in [4.69, 9.17) is 0 Å². The first-order chi connectivity index (χ1) is 10.7. The molecule has 0 saturated heterocycles. The predicted octanol–water partition coefficient (Wildman–Crippen LogP) is 4.74. The highest BCUT2D eigenvalue weighted by molar-refractivity contribution is 5.94. The third-order valence-electron chi connectivity index (χ3n) is 3.63. The van der Waals surface area contributed by atoms with Gasteiger partial charge in [-0.15, -0.1) is 0 Å². The van der Waals surface area contributed by atoms with Crippen molar-refractivity contribution in [1.82, 2.24) is 4.98 Å². The fourth-order valence-corrected chi connectivity index (χ4v) is 2.37. The van der Waals surface area contributed by atoms with Crippen LogP contribution < -0.4 is 10.6 Å². The Morgan fingerprint density at radius 3 is 2.13 bits per heavy atom. The van der Waals surface area contributed by atoms with Gasteiger partial charge in [-0.05, 0) is 44.0 Å². The minimum absolute atomic E-state index is 0.0229. The van der Waals surface area contributed by atoms with Crippen LogP contribution in [0.5, 0.6) is 0 Å². The number of anilines is 3.